The molecule has 2 rings (SSSR count). The van der Waals surface area contributed by atoms with Crippen LogP contribution < -0.4 is 9.62 Å². The SMILES string of the molecule is COC(=O)c1cc(NC(=O)CN(c2ccc(F)c(F)c2)S(C)(=O)=O)cc(C(=O)OC)c1. The first-order chi connectivity index (χ1) is 14.5. The van der Waals surface area contributed by atoms with Crippen LogP contribution in [0.1, 0.15) is 20.7 Å². The van der Waals surface area contributed by atoms with Crippen molar-refractivity contribution in [1.82, 2.24) is 0 Å². The average molecular weight is 456 g/mol. The summed E-state index contributed by atoms with van der Waals surface area (Å²) in [4.78, 5) is 36.1. The van der Waals surface area contributed by atoms with Crippen LogP contribution in [0.3, 0.4) is 0 Å². The highest BCUT2D eigenvalue weighted by atomic mass is 32.2. The van der Waals surface area contributed by atoms with Crippen molar-refractivity contribution in [3.05, 3.63) is 59.2 Å². The molecule has 0 bridgehead atoms. The lowest BCUT2D eigenvalue weighted by molar-refractivity contribution is -0.114. The molecule has 0 saturated carbocycles. The Hall–Kier alpha value is -3.54. The third-order valence-corrected chi connectivity index (χ3v) is 5.08. The van der Waals surface area contributed by atoms with Crippen LogP contribution in [0.5, 0.6) is 0 Å². The predicted molar refractivity (Wildman–Crippen MR) is 106 cm³/mol. The van der Waals surface area contributed by atoms with Gasteiger partial charge in [0.15, 0.2) is 11.6 Å². The van der Waals surface area contributed by atoms with Crippen LogP contribution in [0.15, 0.2) is 36.4 Å². The Labute approximate surface area is 176 Å². The molecule has 0 atom stereocenters. The first-order valence-corrected chi connectivity index (χ1v) is 10.4. The fourth-order valence-electron chi connectivity index (χ4n) is 2.54. The largest absolute Gasteiger partial charge is 0.465 e. The minimum Gasteiger partial charge on any atom is -0.465 e. The number of anilines is 2. The molecular formula is C19H18F2N2O7S. The zero-order valence-corrected chi connectivity index (χ0v) is 17.5. The number of benzene rings is 2. The fourth-order valence-corrected chi connectivity index (χ4v) is 3.39. The molecule has 0 aromatic heterocycles. The number of carbonyl (C=O) groups is 3. The van der Waals surface area contributed by atoms with E-state index in [1.165, 1.54) is 18.2 Å². The van der Waals surface area contributed by atoms with Gasteiger partial charge in [0.2, 0.25) is 15.9 Å². The zero-order chi connectivity index (χ0) is 23.3. The number of rotatable bonds is 7. The molecule has 31 heavy (non-hydrogen) atoms. The first-order valence-electron chi connectivity index (χ1n) is 8.50. The number of amides is 1. The number of halogens is 2. The molecule has 1 N–H and O–H groups in total. The van der Waals surface area contributed by atoms with E-state index in [2.05, 4.69) is 14.8 Å². The molecule has 0 radical (unpaired) electrons. The summed E-state index contributed by atoms with van der Waals surface area (Å²) in [6.45, 7) is -0.792. The minimum atomic E-state index is -4.05. The van der Waals surface area contributed by atoms with Crippen molar-refractivity contribution in [1.29, 1.82) is 0 Å². The Morgan fingerprint density at radius 2 is 1.48 bits per heavy atom. The van der Waals surface area contributed by atoms with Crippen LogP contribution in [-0.4, -0.2) is 53.3 Å². The molecule has 0 aliphatic heterocycles. The Morgan fingerprint density at radius 3 is 1.94 bits per heavy atom. The van der Waals surface area contributed by atoms with Crippen LogP contribution >= 0.6 is 0 Å². The third-order valence-electron chi connectivity index (χ3n) is 3.94. The molecule has 0 aliphatic carbocycles. The fraction of sp³-hybridized carbons (Fsp3) is 0.211. The van der Waals surface area contributed by atoms with Gasteiger partial charge in [-0.05, 0) is 30.3 Å². The average Bonchev–Trinajstić information content (AvgIpc) is 2.71. The molecule has 0 fully saturated rings. The molecule has 0 unspecified atom stereocenters. The minimum absolute atomic E-state index is 0.0213. The van der Waals surface area contributed by atoms with Crippen LogP contribution in [-0.2, 0) is 24.3 Å². The monoisotopic (exact) mass is 456 g/mol. The number of nitrogens with zero attached hydrogens (tertiary/aromatic N) is 1. The van der Waals surface area contributed by atoms with E-state index >= 15 is 0 Å². The van der Waals surface area contributed by atoms with Gasteiger partial charge in [0, 0.05) is 11.8 Å². The normalized spacial score (nSPS) is 10.9. The van der Waals surface area contributed by atoms with Crippen LogP contribution in [0, 0.1) is 11.6 Å². The number of esters is 2. The predicted octanol–water partition coefficient (Wildman–Crippen LogP) is 1.94. The Kier molecular flexibility index (Phi) is 7.28. The number of methoxy groups -OCH3 is 2. The Morgan fingerprint density at radius 1 is 0.935 bits per heavy atom. The summed E-state index contributed by atoms with van der Waals surface area (Å²) in [6.07, 6.45) is 0.786. The van der Waals surface area contributed by atoms with Gasteiger partial charge in [-0.1, -0.05) is 0 Å². The number of hydrogen-bond donors (Lipinski definition) is 1. The Bertz CT molecular complexity index is 1100. The number of carbonyl (C=O) groups excluding carboxylic acids is 3. The van der Waals surface area contributed by atoms with E-state index in [0.29, 0.717) is 10.4 Å². The summed E-state index contributed by atoms with van der Waals surface area (Å²) in [7, 11) is -1.81. The molecule has 12 heteroatoms. The third kappa shape index (κ3) is 5.98. The summed E-state index contributed by atoms with van der Waals surface area (Å²) >= 11 is 0. The Balaban J connectivity index is 2.35. The maximum Gasteiger partial charge on any atom is 0.337 e. The smallest absolute Gasteiger partial charge is 0.337 e. The second-order valence-corrected chi connectivity index (χ2v) is 8.11. The number of ether oxygens (including phenoxy) is 2. The summed E-state index contributed by atoms with van der Waals surface area (Å²) in [6, 6.07) is 5.97. The van der Waals surface area contributed by atoms with Crippen molar-refractivity contribution in [3.63, 3.8) is 0 Å². The van der Waals surface area contributed by atoms with Gasteiger partial charge < -0.3 is 14.8 Å². The molecule has 2 aromatic carbocycles. The van der Waals surface area contributed by atoms with Crippen molar-refractivity contribution in [2.45, 2.75) is 0 Å². The molecule has 0 heterocycles. The van der Waals surface area contributed by atoms with Gasteiger partial charge in [-0.3, -0.25) is 9.10 Å². The van der Waals surface area contributed by atoms with E-state index in [-0.39, 0.29) is 22.5 Å². The summed E-state index contributed by atoms with van der Waals surface area (Å²) < 4.78 is 60.6. The number of hydrogen-bond acceptors (Lipinski definition) is 7. The topological polar surface area (TPSA) is 119 Å². The van der Waals surface area contributed by atoms with Crippen molar-refractivity contribution in [2.75, 3.05) is 36.6 Å². The quantitative estimate of drug-likeness (QED) is 0.633. The van der Waals surface area contributed by atoms with Gasteiger partial charge in [-0.25, -0.2) is 26.8 Å². The molecule has 0 saturated heterocycles. The van der Waals surface area contributed by atoms with Crippen LogP contribution in [0.4, 0.5) is 20.2 Å². The van der Waals surface area contributed by atoms with Gasteiger partial charge >= 0.3 is 11.9 Å². The molecule has 0 aliphatic rings. The molecule has 2 aromatic rings. The first kappa shape index (κ1) is 23.7. The highest BCUT2D eigenvalue weighted by Crippen LogP contribution is 2.21. The molecular weight excluding hydrogens is 438 g/mol. The van der Waals surface area contributed by atoms with E-state index in [1.54, 1.807) is 0 Å². The summed E-state index contributed by atoms with van der Waals surface area (Å²) in [5.41, 5.74) is -0.426. The molecule has 9 nitrogen and oxygen atoms in total. The summed E-state index contributed by atoms with van der Waals surface area (Å²) in [5, 5.41) is 2.35. The van der Waals surface area contributed by atoms with Gasteiger partial charge in [0.25, 0.3) is 0 Å². The lowest BCUT2D eigenvalue weighted by Crippen LogP contribution is -2.37. The van der Waals surface area contributed by atoms with E-state index in [9.17, 15) is 31.6 Å². The van der Waals surface area contributed by atoms with E-state index < -0.39 is 46.0 Å². The molecule has 1 amide bonds. The molecule has 166 valence electrons. The van der Waals surface area contributed by atoms with Crippen molar-refractivity contribution in [2.24, 2.45) is 0 Å². The maximum absolute atomic E-state index is 13.5. The maximum atomic E-state index is 13.5. The summed E-state index contributed by atoms with van der Waals surface area (Å²) in [5.74, 6) is -4.94. The van der Waals surface area contributed by atoms with E-state index in [1.807, 2.05) is 0 Å². The highest BCUT2D eigenvalue weighted by molar-refractivity contribution is 7.92. The van der Waals surface area contributed by atoms with Crippen molar-refractivity contribution >= 4 is 39.2 Å². The van der Waals surface area contributed by atoms with Crippen molar-refractivity contribution < 1.29 is 41.1 Å². The van der Waals surface area contributed by atoms with Crippen LogP contribution in [0.25, 0.3) is 0 Å². The van der Waals surface area contributed by atoms with Crippen molar-refractivity contribution in [3.8, 4) is 0 Å². The standard InChI is InChI=1S/C19H18F2N2O7S/c1-29-18(25)11-6-12(19(26)30-2)8-13(7-11)22-17(24)10-23(31(3,27)28)14-4-5-15(20)16(21)9-14/h4-9H,10H2,1-3H3,(H,22,24). The lowest BCUT2D eigenvalue weighted by atomic mass is 10.1. The van der Waals surface area contributed by atoms with Gasteiger partial charge in [-0.2, -0.15) is 0 Å². The van der Waals surface area contributed by atoms with Gasteiger partial charge in [0.1, 0.15) is 6.54 Å². The van der Waals surface area contributed by atoms with Gasteiger partial charge in [0.05, 0.1) is 37.3 Å². The van der Waals surface area contributed by atoms with Crippen LogP contribution in [0.2, 0.25) is 0 Å². The van der Waals surface area contributed by atoms with Gasteiger partial charge in [-0.15, -0.1) is 0 Å². The number of sulfonamides is 1. The number of nitrogens with one attached hydrogen (secondary N) is 1. The molecule has 0 spiro atoms. The van der Waals surface area contributed by atoms with E-state index in [0.717, 1.165) is 32.6 Å². The van der Waals surface area contributed by atoms with E-state index in [4.69, 9.17) is 0 Å². The second-order valence-electron chi connectivity index (χ2n) is 6.20. The zero-order valence-electron chi connectivity index (χ0n) is 16.6. The lowest BCUT2D eigenvalue weighted by Gasteiger charge is -2.22. The second kappa shape index (κ2) is 9.51. The highest BCUT2D eigenvalue weighted by Gasteiger charge is 2.23.